The molecule has 0 aliphatic rings. The summed E-state index contributed by atoms with van der Waals surface area (Å²) < 4.78 is 13.6. The van der Waals surface area contributed by atoms with Gasteiger partial charge in [0.2, 0.25) is 0 Å². The number of aromatic nitrogens is 2. The Hall–Kier alpha value is -1.68. The fourth-order valence-electron chi connectivity index (χ4n) is 1.43. The van der Waals surface area contributed by atoms with Gasteiger partial charge >= 0.3 is 5.69 Å². The van der Waals surface area contributed by atoms with Gasteiger partial charge in [-0.1, -0.05) is 11.6 Å². The van der Waals surface area contributed by atoms with Gasteiger partial charge in [-0.25, -0.2) is 14.2 Å². The van der Waals surface area contributed by atoms with Crippen LogP contribution in [0.4, 0.5) is 4.39 Å². The van der Waals surface area contributed by atoms with E-state index in [1.807, 2.05) is 0 Å². The normalized spacial score (nSPS) is 10.4. The summed E-state index contributed by atoms with van der Waals surface area (Å²) in [5.41, 5.74) is 0.923. The van der Waals surface area contributed by atoms with Crippen LogP contribution in [0, 0.1) is 12.7 Å². The fourth-order valence-corrected chi connectivity index (χ4v) is 1.59. The van der Waals surface area contributed by atoms with Crippen molar-refractivity contribution in [3.05, 3.63) is 51.3 Å². The van der Waals surface area contributed by atoms with Crippen molar-refractivity contribution in [1.29, 1.82) is 0 Å². The maximum atomic E-state index is 13.6. The molecule has 0 radical (unpaired) electrons. The molecule has 0 amide bonds. The van der Waals surface area contributed by atoms with Crippen molar-refractivity contribution in [2.24, 2.45) is 0 Å². The minimum Gasteiger partial charge on any atom is -0.305 e. The topological polar surface area (TPSA) is 45.8 Å². The third kappa shape index (κ3) is 1.97. The molecule has 0 saturated heterocycles. The summed E-state index contributed by atoms with van der Waals surface area (Å²) in [6, 6.07) is 4.29. The summed E-state index contributed by atoms with van der Waals surface area (Å²) in [5.74, 6) is -0.475. The van der Waals surface area contributed by atoms with Crippen molar-refractivity contribution in [3.8, 4) is 11.3 Å². The zero-order valence-electron chi connectivity index (χ0n) is 8.42. The second-order valence-corrected chi connectivity index (χ2v) is 3.81. The molecule has 0 spiro atoms. The molecule has 0 aliphatic carbocycles. The Morgan fingerprint density at radius 3 is 2.88 bits per heavy atom. The van der Waals surface area contributed by atoms with E-state index < -0.39 is 11.5 Å². The van der Waals surface area contributed by atoms with Gasteiger partial charge in [-0.15, -0.1) is 0 Å². The van der Waals surface area contributed by atoms with Gasteiger partial charge in [0, 0.05) is 16.8 Å². The molecule has 82 valence electrons. The highest BCUT2D eigenvalue weighted by Crippen LogP contribution is 2.24. The van der Waals surface area contributed by atoms with Gasteiger partial charge in [0.15, 0.2) is 0 Å². The number of halogens is 2. The first kappa shape index (κ1) is 10.8. The van der Waals surface area contributed by atoms with Crippen molar-refractivity contribution in [2.45, 2.75) is 6.92 Å². The first-order chi connectivity index (χ1) is 7.58. The van der Waals surface area contributed by atoms with E-state index in [-0.39, 0.29) is 0 Å². The molecular formula is C11H8ClFN2O. The Labute approximate surface area is 95.9 Å². The zero-order chi connectivity index (χ0) is 11.7. The van der Waals surface area contributed by atoms with Crippen LogP contribution in [0.25, 0.3) is 11.3 Å². The molecule has 0 saturated carbocycles. The van der Waals surface area contributed by atoms with Gasteiger partial charge in [-0.3, -0.25) is 0 Å². The highest BCUT2D eigenvalue weighted by Gasteiger charge is 2.09. The molecule has 1 heterocycles. The fraction of sp³-hybridized carbons (Fsp3) is 0.0909. The third-order valence-electron chi connectivity index (χ3n) is 2.20. The van der Waals surface area contributed by atoms with Crippen molar-refractivity contribution in [2.75, 3.05) is 0 Å². The second kappa shape index (κ2) is 4.06. The summed E-state index contributed by atoms with van der Waals surface area (Å²) in [6.45, 7) is 1.74. The Morgan fingerprint density at radius 1 is 1.44 bits per heavy atom. The lowest BCUT2D eigenvalue weighted by Gasteiger charge is -2.06. The lowest BCUT2D eigenvalue weighted by atomic mass is 10.1. The number of nitrogens with zero attached hydrogens (tertiary/aromatic N) is 1. The average molecular weight is 239 g/mol. The average Bonchev–Trinajstić information content (AvgIpc) is 2.22. The number of hydrogen-bond acceptors (Lipinski definition) is 2. The second-order valence-electron chi connectivity index (χ2n) is 3.37. The highest BCUT2D eigenvalue weighted by atomic mass is 35.5. The summed E-state index contributed by atoms with van der Waals surface area (Å²) in [6.07, 6.45) is 1.40. The Morgan fingerprint density at radius 2 is 2.19 bits per heavy atom. The number of hydrogen-bond donors (Lipinski definition) is 1. The van der Waals surface area contributed by atoms with E-state index >= 15 is 0 Å². The minimum atomic E-state index is -0.505. The molecule has 5 heteroatoms. The molecule has 0 unspecified atom stereocenters. The molecule has 2 aromatic rings. The number of H-pyrrole nitrogens is 1. The number of aryl methyl sites for hydroxylation is 1. The molecular weight excluding hydrogens is 231 g/mol. The van der Waals surface area contributed by atoms with E-state index in [0.717, 1.165) is 0 Å². The molecule has 0 atom stereocenters. The van der Waals surface area contributed by atoms with Crippen LogP contribution in [0.3, 0.4) is 0 Å². The molecule has 1 aromatic carbocycles. The maximum Gasteiger partial charge on any atom is 0.345 e. The first-order valence-corrected chi connectivity index (χ1v) is 4.97. The van der Waals surface area contributed by atoms with Crippen LogP contribution in [0.5, 0.6) is 0 Å². The molecule has 1 aromatic heterocycles. The molecule has 16 heavy (non-hydrogen) atoms. The molecule has 0 aliphatic heterocycles. The van der Waals surface area contributed by atoms with Crippen molar-refractivity contribution in [3.63, 3.8) is 0 Å². The lowest BCUT2D eigenvalue weighted by molar-refractivity contribution is 0.630. The number of rotatable bonds is 1. The monoisotopic (exact) mass is 238 g/mol. The van der Waals surface area contributed by atoms with E-state index in [2.05, 4.69) is 9.97 Å². The van der Waals surface area contributed by atoms with Gasteiger partial charge in [0.1, 0.15) is 5.82 Å². The van der Waals surface area contributed by atoms with Crippen LogP contribution in [0.1, 0.15) is 5.56 Å². The Kier molecular flexibility index (Phi) is 2.75. The highest BCUT2D eigenvalue weighted by molar-refractivity contribution is 6.30. The van der Waals surface area contributed by atoms with E-state index in [9.17, 15) is 9.18 Å². The van der Waals surface area contributed by atoms with E-state index in [1.165, 1.54) is 18.3 Å². The summed E-state index contributed by atoms with van der Waals surface area (Å²) in [5, 5.41) is 0.315. The minimum absolute atomic E-state index is 0.307. The number of aromatic amines is 1. The van der Waals surface area contributed by atoms with Crippen LogP contribution in [0.2, 0.25) is 5.02 Å². The van der Waals surface area contributed by atoms with Gasteiger partial charge in [0.25, 0.3) is 0 Å². The van der Waals surface area contributed by atoms with Crippen LogP contribution >= 0.6 is 11.6 Å². The Balaban J connectivity index is 2.67. The predicted octanol–water partition coefficient (Wildman–Crippen LogP) is 2.54. The summed E-state index contributed by atoms with van der Waals surface area (Å²) in [7, 11) is 0. The third-order valence-corrected chi connectivity index (χ3v) is 2.44. The van der Waals surface area contributed by atoms with Crippen molar-refractivity contribution < 1.29 is 4.39 Å². The SMILES string of the molecule is Cc1cnc(=O)[nH]c1-c1ccc(Cl)cc1F. The smallest absolute Gasteiger partial charge is 0.305 e. The van der Waals surface area contributed by atoms with E-state index in [0.29, 0.717) is 21.8 Å². The number of benzene rings is 1. The van der Waals surface area contributed by atoms with Crippen molar-refractivity contribution in [1.82, 2.24) is 9.97 Å². The number of nitrogens with one attached hydrogen (secondary N) is 1. The lowest BCUT2D eigenvalue weighted by Crippen LogP contribution is -2.11. The first-order valence-electron chi connectivity index (χ1n) is 4.59. The molecule has 1 N–H and O–H groups in total. The van der Waals surface area contributed by atoms with Crippen LogP contribution < -0.4 is 5.69 Å². The molecule has 2 rings (SSSR count). The van der Waals surface area contributed by atoms with Crippen LogP contribution in [-0.4, -0.2) is 9.97 Å². The predicted molar refractivity (Wildman–Crippen MR) is 60.0 cm³/mol. The zero-order valence-corrected chi connectivity index (χ0v) is 9.18. The summed E-state index contributed by atoms with van der Waals surface area (Å²) >= 11 is 5.65. The molecule has 0 fully saturated rings. The van der Waals surface area contributed by atoms with Gasteiger partial charge in [-0.05, 0) is 30.7 Å². The van der Waals surface area contributed by atoms with Gasteiger partial charge in [0.05, 0.1) is 5.69 Å². The Bertz CT molecular complexity index is 595. The standard InChI is InChI=1S/C11H8ClFN2O/c1-6-5-14-11(16)15-10(6)8-3-2-7(12)4-9(8)13/h2-5H,1H3,(H,14,15,16). The van der Waals surface area contributed by atoms with Crippen LogP contribution in [0.15, 0.2) is 29.2 Å². The van der Waals surface area contributed by atoms with Gasteiger partial charge < -0.3 is 4.98 Å². The molecule has 0 bridgehead atoms. The van der Waals surface area contributed by atoms with Crippen LogP contribution in [-0.2, 0) is 0 Å². The van der Waals surface area contributed by atoms with Gasteiger partial charge in [-0.2, -0.15) is 0 Å². The quantitative estimate of drug-likeness (QED) is 0.830. The molecule has 3 nitrogen and oxygen atoms in total. The van der Waals surface area contributed by atoms with E-state index in [1.54, 1.807) is 13.0 Å². The van der Waals surface area contributed by atoms with E-state index in [4.69, 9.17) is 11.6 Å². The maximum absolute atomic E-state index is 13.6. The summed E-state index contributed by atoms with van der Waals surface area (Å²) in [4.78, 5) is 17.1. The van der Waals surface area contributed by atoms with Crippen molar-refractivity contribution >= 4 is 11.6 Å². The largest absolute Gasteiger partial charge is 0.345 e.